The van der Waals surface area contributed by atoms with Crippen LogP contribution in [0, 0.1) is 6.92 Å². The Morgan fingerprint density at radius 2 is 1.45 bits per heavy atom. The maximum atomic E-state index is 12.9. The zero-order chi connectivity index (χ0) is 22.2. The Kier molecular flexibility index (Phi) is 7.27. The maximum absolute atomic E-state index is 12.9. The van der Waals surface area contributed by atoms with Crippen LogP contribution in [0.2, 0.25) is 0 Å². The van der Waals surface area contributed by atoms with Gasteiger partial charge in [0, 0.05) is 17.3 Å². The van der Waals surface area contributed by atoms with Crippen LogP contribution in [-0.2, 0) is 4.79 Å². The van der Waals surface area contributed by atoms with Gasteiger partial charge in [0.2, 0.25) is 5.91 Å². The van der Waals surface area contributed by atoms with Crippen LogP contribution in [0.15, 0.2) is 72.8 Å². The number of methoxy groups -OCH3 is 2. The second kappa shape index (κ2) is 10.3. The van der Waals surface area contributed by atoms with Crippen LogP contribution in [0.25, 0.3) is 0 Å². The van der Waals surface area contributed by atoms with E-state index in [1.54, 1.807) is 50.6 Å². The summed E-state index contributed by atoms with van der Waals surface area (Å²) < 4.78 is 10.6. The average molecular weight is 418 g/mol. The Morgan fingerprint density at radius 3 is 2.06 bits per heavy atom. The van der Waals surface area contributed by atoms with Crippen LogP contribution in [0.5, 0.6) is 11.5 Å². The molecular weight excluding hydrogens is 392 g/mol. The van der Waals surface area contributed by atoms with Crippen molar-refractivity contribution in [2.24, 2.45) is 0 Å². The Morgan fingerprint density at radius 1 is 0.871 bits per heavy atom. The van der Waals surface area contributed by atoms with Gasteiger partial charge in [0.15, 0.2) is 11.5 Å². The summed E-state index contributed by atoms with van der Waals surface area (Å²) in [4.78, 5) is 25.6. The SMILES string of the molecule is COc1cc(C)c(NC(=O)CC(NC(=O)c2ccccc2)c2ccccc2)cc1OC. The normalized spacial score (nSPS) is 11.3. The van der Waals surface area contributed by atoms with E-state index in [9.17, 15) is 9.59 Å². The van der Waals surface area contributed by atoms with Gasteiger partial charge in [-0.25, -0.2) is 0 Å². The van der Waals surface area contributed by atoms with Crippen molar-refractivity contribution in [1.82, 2.24) is 5.32 Å². The molecule has 1 unspecified atom stereocenters. The number of hydrogen-bond donors (Lipinski definition) is 2. The van der Waals surface area contributed by atoms with Gasteiger partial charge in [-0.3, -0.25) is 9.59 Å². The Hall–Kier alpha value is -3.80. The highest BCUT2D eigenvalue weighted by molar-refractivity contribution is 5.96. The lowest BCUT2D eigenvalue weighted by molar-refractivity contribution is -0.116. The van der Waals surface area contributed by atoms with E-state index in [0.29, 0.717) is 22.7 Å². The predicted molar refractivity (Wildman–Crippen MR) is 121 cm³/mol. The van der Waals surface area contributed by atoms with Gasteiger partial charge in [-0.1, -0.05) is 48.5 Å². The number of amides is 2. The zero-order valence-electron chi connectivity index (χ0n) is 17.8. The molecule has 1 atom stereocenters. The molecule has 0 heterocycles. The second-order valence-electron chi connectivity index (χ2n) is 7.08. The Labute approximate surface area is 182 Å². The third-order valence-electron chi connectivity index (χ3n) is 4.94. The van der Waals surface area contributed by atoms with E-state index in [1.807, 2.05) is 43.3 Å². The molecule has 0 saturated heterocycles. The minimum atomic E-state index is -0.477. The highest BCUT2D eigenvalue weighted by atomic mass is 16.5. The fourth-order valence-electron chi connectivity index (χ4n) is 3.27. The first-order valence-corrected chi connectivity index (χ1v) is 9.95. The minimum Gasteiger partial charge on any atom is -0.493 e. The van der Waals surface area contributed by atoms with Crippen molar-refractivity contribution < 1.29 is 19.1 Å². The van der Waals surface area contributed by atoms with E-state index < -0.39 is 6.04 Å². The number of ether oxygens (including phenoxy) is 2. The van der Waals surface area contributed by atoms with Gasteiger partial charge in [0.1, 0.15) is 0 Å². The number of benzene rings is 3. The Balaban J connectivity index is 1.78. The highest BCUT2D eigenvalue weighted by Gasteiger charge is 2.20. The minimum absolute atomic E-state index is 0.0797. The molecule has 6 nitrogen and oxygen atoms in total. The first-order chi connectivity index (χ1) is 15.0. The molecule has 6 heteroatoms. The molecule has 2 N–H and O–H groups in total. The number of hydrogen-bond acceptors (Lipinski definition) is 4. The molecule has 3 aromatic carbocycles. The van der Waals surface area contributed by atoms with Crippen LogP contribution in [0.1, 0.15) is 33.9 Å². The van der Waals surface area contributed by atoms with Gasteiger partial charge in [-0.05, 0) is 36.2 Å². The molecule has 3 rings (SSSR count). The lowest BCUT2D eigenvalue weighted by atomic mass is 10.0. The van der Waals surface area contributed by atoms with E-state index in [2.05, 4.69) is 10.6 Å². The van der Waals surface area contributed by atoms with Crippen molar-refractivity contribution in [2.45, 2.75) is 19.4 Å². The summed E-state index contributed by atoms with van der Waals surface area (Å²) in [7, 11) is 3.11. The monoisotopic (exact) mass is 418 g/mol. The molecule has 0 radical (unpaired) electrons. The molecule has 31 heavy (non-hydrogen) atoms. The zero-order valence-corrected chi connectivity index (χ0v) is 17.8. The first kappa shape index (κ1) is 21.9. The number of aryl methyl sites for hydroxylation is 1. The van der Waals surface area contributed by atoms with Crippen molar-refractivity contribution in [3.05, 3.63) is 89.5 Å². The molecule has 0 aliphatic carbocycles. The molecule has 0 aliphatic rings. The predicted octanol–water partition coefficient (Wildman–Crippen LogP) is 4.51. The average Bonchev–Trinajstić information content (AvgIpc) is 2.80. The van der Waals surface area contributed by atoms with E-state index in [1.165, 1.54) is 0 Å². The topological polar surface area (TPSA) is 76.7 Å². The van der Waals surface area contributed by atoms with E-state index >= 15 is 0 Å². The third kappa shape index (κ3) is 5.63. The molecule has 0 aliphatic heterocycles. The van der Waals surface area contributed by atoms with Gasteiger partial charge in [-0.15, -0.1) is 0 Å². The first-order valence-electron chi connectivity index (χ1n) is 9.95. The van der Waals surface area contributed by atoms with Crippen molar-refractivity contribution in [3.8, 4) is 11.5 Å². The smallest absolute Gasteiger partial charge is 0.251 e. The van der Waals surface area contributed by atoms with Crippen LogP contribution < -0.4 is 20.1 Å². The number of carbonyl (C=O) groups is 2. The molecule has 0 fully saturated rings. The van der Waals surface area contributed by atoms with Crippen molar-refractivity contribution in [2.75, 3.05) is 19.5 Å². The fraction of sp³-hybridized carbons (Fsp3) is 0.200. The van der Waals surface area contributed by atoms with E-state index in [4.69, 9.17) is 9.47 Å². The molecule has 3 aromatic rings. The standard InChI is InChI=1S/C25H26N2O4/c1-17-14-22(30-2)23(31-3)15-20(17)26-24(28)16-21(18-10-6-4-7-11-18)27-25(29)19-12-8-5-9-13-19/h4-15,21H,16H2,1-3H3,(H,26,28)(H,27,29). The summed E-state index contributed by atoms with van der Waals surface area (Å²) in [5, 5.41) is 5.90. The second-order valence-corrected chi connectivity index (χ2v) is 7.08. The number of nitrogens with one attached hydrogen (secondary N) is 2. The summed E-state index contributed by atoms with van der Waals surface area (Å²) >= 11 is 0. The molecule has 0 spiro atoms. The fourth-order valence-corrected chi connectivity index (χ4v) is 3.27. The van der Waals surface area contributed by atoms with Gasteiger partial charge in [-0.2, -0.15) is 0 Å². The van der Waals surface area contributed by atoms with Crippen LogP contribution in [-0.4, -0.2) is 26.0 Å². The molecular formula is C25H26N2O4. The van der Waals surface area contributed by atoms with E-state index in [0.717, 1.165) is 11.1 Å². The summed E-state index contributed by atoms with van der Waals surface area (Å²) in [5.74, 6) is 0.665. The largest absolute Gasteiger partial charge is 0.493 e. The summed E-state index contributed by atoms with van der Waals surface area (Å²) in [5.41, 5.74) is 2.87. The van der Waals surface area contributed by atoms with Crippen molar-refractivity contribution in [3.63, 3.8) is 0 Å². The van der Waals surface area contributed by atoms with Crippen molar-refractivity contribution in [1.29, 1.82) is 0 Å². The molecule has 0 saturated carbocycles. The molecule has 160 valence electrons. The molecule has 2 amide bonds. The van der Waals surface area contributed by atoms with Crippen molar-refractivity contribution >= 4 is 17.5 Å². The van der Waals surface area contributed by atoms with Gasteiger partial charge in [0.05, 0.1) is 26.7 Å². The summed E-state index contributed by atoms with van der Waals surface area (Å²) in [6, 6.07) is 21.4. The van der Waals surface area contributed by atoms with E-state index in [-0.39, 0.29) is 18.2 Å². The third-order valence-corrected chi connectivity index (χ3v) is 4.94. The number of rotatable bonds is 8. The summed E-state index contributed by atoms with van der Waals surface area (Å²) in [6.45, 7) is 1.88. The quantitative estimate of drug-likeness (QED) is 0.564. The van der Waals surface area contributed by atoms with Gasteiger partial charge < -0.3 is 20.1 Å². The van der Waals surface area contributed by atoms with Crippen LogP contribution >= 0.6 is 0 Å². The van der Waals surface area contributed by atoms with Gasteiger partial charge >= 0.3 is 0 Å². The molecule has 0 aromatic heterocycles. The van der Waals surface area contributed by atoms with Crippen LogP contribution in [0.4, 0.5) is 5.69 Å². The summed E-state index contributed by atoms with van der Waals surface area (Å²) in [6.07, 6.45) is 0.0797. The molecule has 0 bridgehead atoms. The lowest BCUT2D eigenvalue weighted by Crippen LogP contribution is -2.31. The van der Waals surface area contributed by atoms with Crippen LogP contribution in [0.3, 0.4) is 0 Å². The van der Waals surface area contributed by atoms with Gasteiger partial charge in [0.25, 0.3) is 5.91 Å². The lowest BCUT2D eigenvalue weighted by Gasteiger charge is -2.20. The number of carbonyl (C=O) groups excluding carboxylic acids is 2. The highest BCUT2D eigenvalue weighted by Crippen LogP contribution is 2.33. The maximum Gasteiger partial charge on any atom is 0.251 e. The number of anilines is 1. The Bertz CT molecular complexity index is 1040.